The summed E-state index contributed by atoms with van der Waals surface area (Å²) in [6.07, 6.45) is 3.15. The van der Waals surface area contributed by atoms with E-state index in [1.165, 1.54) is 12.1 Å². The van der Waals surface area contributed by atoms with Crippen LogP contribution in [-0.2, 0) is 19.1 Å². The van der Waals surface area contributed by atoms with E-state index in [0.717, 1.165) is 24.8 Å². The van der Waals surface area contributed by atoms with E-state index in [1.807, 2.05) is 13.8 Å². The first-order valence-corrected chi connectivity index (χ1v) is 7.84. The second-order valence-electron chi connectivity index (χ2n) is 4.53. The molecule has 1 aromatic rings. The molecule has 1 rings (SSSR count). The largest absolute Gasteiger partial charge is 0.297 e. The molecule has 0 heterocycles. The van der Waals surface area contributed by atoms with Gasteiger partial charge in [-0.1, -0.05) is 37.5 Å². The lowest BCUT2D eigenvalue weighted by Crippen LogP contribution is -2.14. The van der Waals surface area contributed by atoms with Crippen LogP contribution < -0.4 is 0 Å². The lowest BCUT2D eigenvalue weighted by atomic mass is 10.1. The van der Waals surface area contributed by atoms with E-state index in [2.05, 4.69) is 0 Å². The van der Waals surface area contributed by atoms with Crippen molar-refractivity contribution >= 4 is 15.9 Å². The van der Waals surface area contributed by atoms with E-state index in [-0.39, 0.29) is 17.3 Å². The van der Waals surface area contributed by atoms with Gasteiger partial charge >= 0.3 is 0 Å². The molecule has 0 atom stereocenters. The zero-order chi connectivity index (χ0) is 14.3. The van der Waals surface area contributed by atoms with Crippen molar-refractivity contribution in [2.24, 2.45) is 0 Å². The fraction of sp³-hybridized carbons (Fsp3) is 0.500. The molecule has 19 heavy (non-hydrogen) atoms. The summed E-state index contributed by atoms with van der Waals surface area (Å²) in [5, 5.41) is 0. The van der Waals surface area contributed by atoms with E-state index in [1.54, 1.807) is 12.1 Å². The molecule has 0 amide bonds. The van der Waals surface area contributed by atoms with Gasteiger partial charge in [0.2, 0.25) is 0 Å². The SMILES string of the molecule is CCCCCC(=O)COS(=O)(=O)c1ccc(C)cc1. The van der Waals surface area contributed by atoms with Crippen LogP contribution in [0.1, 0.15) is 38.2 Å². The van der Waals surface area contributed by atoms with Crippen molar-refractivity contribution in [1.29, 1.82) is 0 Å². The summed E-state index contributed by atoms with van der Waals surface area (Å²) in [5.74, 6) is -0.177. The summed E-state index contributed by atoms with van der Waals surface area (Å²) in [6.45, 7) is 3.54. The van der Waals surface area contributed by atoms with E-state index < -0.39 is 10.1 Å². The molecule has 0 saturated heterocycles. The fourth-order valence-electron chi connectivity index (χ4n) is 1.56. The Morgan fingerprint density at radius 3 is 2.37 bits per heavy atom. The zero-order valence-electron chi connectivity index (χ0n) is 11.4. The molecule has 0 fully saturated rings. The first kappa shape index (κ1) is 15.9. The van der Waals surface area contributed by atoms with Gasteiger partial charge in [-0.05, 0) is 25.5 Å². The number of unbranched alkanes of at least 4 members (excludes halogenated alkanes) is 2. The zero-order valence-corrected chi connectivity index (χ0v) is 12.2. The Labute approximate surface area is 114 Å². The van der Waals surface area contributed by atoms with Crippen LogP contribution in [0, 0.1) is 6.92 Å². The smallest absolute Gasteiger partial charge is 0.297 e. The summed E-state index contributed by atoms with van der Waals surface area (Å²) in [5.41, 5.74) is 0.967. The lowest BCUT2D eigenvalue weighted by molar-refractivity contribution is -0.121. The Morgan fingerprint density at radius 1 is 1.16 bits per heavy atom. The molecule has 0 aliphatic carbocycles. The average molecular weight is 284 g/mol. The van der Waals surface area contributed by atoms with Crippen LogP contribution in [0.5, 0.6) is 0 Å². The monoisotopic (exact) mass is 284 g/mol. The molecule has 0 bridgehead atoms. The van der Waals surface area contributed by atoms with Gasteiger partial charge in [0, 0.05) is 6.42 Å². The number of ketones is 1. The molecule has 0 aliphatic heterocycles. The standard InChI is InChI=1S/C14H20O4S/c1-3-4-5-6-13(15)11-18-19(16,17)14-9-7-12(2)8-10-14/h7-10H,3-6,11H2,1-2H3. The van der Waals surface area contributed by atoms with Gasteiger partial charge in [0.1, 0.15) is 6.61 Å². The van der Waals surface area contributed by atoms with Gasteiger partial charge in [0.15, 0.2) is 5.78 Å². The Kier molecular flexibility index (Phi) is 6.18. The maximum absolute atomic E-state index is 11.8. The van der Waals surface area contributed by atoms with Crippen molar-refractivity contribution < 1.29 is 17.4 Å². The highest BCUT2D eigenvalue weighted by Gasteiger charge is 2.16. The van der Waals surface area contributed by atoms with E-state index in [9.17, 15) is 13.2 Å². The van der Waals surface area contributed by atoms with Gasteiger partial charge in [-0.15, -0.1) is 0 Å². The van der Waals surface area contributed by atoms with Gasteiger partial charge in [-0.25, -0.2) is 0 Å². The number of hydrogen-bond acceptors (Lipinski definition) is 4. The molecule has 4 nitrogen and oxygen atoms in total. The van der Waals surface area contributed by atoms with Crippen molar-refractivity contribution in [2.75, 3.05) is 6.61 Å². The Morgan fingerprint density at radius 2 is 1.79 bits per heavy atom. The molecule has 0 radical (unpaired) electrons. The van der Waals surface area contributed by atoms with Crippen molar-refractivity contribution in [3.63, 3.8) is 0 Å². The number of carbonyl (C=O) groups excluding carboxylic acids is 1. The van der Waals surface area contributed by atoms with Gasteiger partial charge in [0.05, 0.1) is 4.90 Å². The first-order valence-electron chi connectivity index (χ1n) is 6.43. The number of hydrogen-bond donors (Lipinski definition) is 0. The molecule has 5 heteroatoms. The van der Waals surface area contributed by atoms with Gasteiger partial charge < -0.3 is 0 Å². The third-order valence-corrected chi connectivity index (χ3v) is 4.02. The lowest BCUT2D eigenvalue weighted by Gasteiger charge is -2.05. The third-order valence-electron chi connectivity index (χ3n) is 2.74. The Bertz CT molecular complexity index is 503. The van der Waals surface area contributed by atoms with Crippen LogP contribution in [0.25, 0.3) is 0 Å². The Hall–Kier alpha value is -1.20. The third kappa shape index (κ3) is 5.53. The van der Waals surface area contributed by atoms with Gasteiger partial charge in [-0.3, -0.25) is 8.98 Å². The maximum Gasteiger partial charge on any atom is 0.297 e. The number of Topliss-reactive ketones (excluding diaryl/α,β-unsaturated/α-hetero) is 1. The Balaban J connectivity index is 2.51. The van der Waals surface area contributed by atoms with Crippen LogP contribution in [0.2, 0.25) is 0 Å². The summed E-state index contributed by atoms with van der Waals surface area (Å²) in [6, 6.07) is 6.34. The predicted molar refractivity (Wildman–Crippen MR) is 73.5 cm³/mol. The number of benzene rings is 1. The highest BCUT2D eigenvalue weighted by Crippen LogP contribution is 2.13. The predicted octanol–water partition coefficient (Wildman–Crippen LogP) is 2.85. The van der Waals surface area contributed by atoms with Crippen molar-refractivity contribution in [3.05, 3.63) is 29.8 Å². The second-order valence-corrected chi connectivity index (χ2v) is 6.14. The number of carbonyl (C=O) groups is 1. The van der Waals surface area contributed by atoms with Gasteiger partial charge in [0.25, 0.3) is 10.1 Å². The van der Waals surface area contributed by atoms with E-state index in [4.69, 9.17) is 4.18 Å². The molecule has 0 unspecified atom stereocenters. The molecule has 1 aromatic carbocycles. The average Bonchev–Trinajstić information content (AvgIpc) is 2.37. The molecule has 0 N–H and O–H groups in total. The van der Waals surface area contributed by atoms with Gasteiger partial charge in [-0.2, -0.15) is 8.42 Å². The maximum atomic E-state index is 11.8. The number of aryl methyl sites for hydroxylation is 1. The van der Waals surface area contributed by atoms with Crippen molar-refractivity contribution in [2.45, 2.75) is 44.4 Å². The second kappa shape index (κ2) is 7.40. The number of rotatable bonds is 8. The van der Waals surface area contributed by atoms with Crippen molar-refractivity contribution in [3.8, 4) is 0 Å². The molecular formula is C14H20O4S. The first-order chi connectivity index (χ1) is 8.95. The summed E-state index contributed by atoms with van der Waals surface area (Å²) < 4.78 is 28.4. The van der Waals surface area contributed by atoms with Crippen LogP contribution in [-0.4, -0.2) is 20.8 Å². The van der Waals surface area contributed by atoms with Crippen LogP contribution in [0.3, 0.4) is 0 Å². The van der Waals surface area contributed by atoms with Crippen LogP contribution >= 0.6 is 0 Å². The minimum Gasteiger partial charge on any atom is -0.297 e. The van der Waals surface area contributed by atoms with Crippen LogP contribution in [0.4, 0.5) is 0 Å². The molecule has 0 spiro atoms. The quantitative estimate of drug-likeness (QED) is 0.544. The minimum absolute atomic E-state index is 0.0828. The fourth-order valence-corrected chi connectivity index (χ4v) is 2.45. The van der Waals surface area contributed by atoms with E-state index in [0.29, 0.717) is 6.42 Å². The van der Waals surface area contributed by atoms with E-state index >= 15 is 0 Å². The molecule has 0 aliphatic rings. The summed E-state index contributed by atoms with van der Waals surface area (Å²) in [4.78, 5) is 11.5. The summed E-state index contributed by atoms with van der Waals surface area (Å²) in [7, 11) is -3.82. The molecule has 0 saturated carbocycles. The van der Waals surface area contributed by atoms with Crippen LogP contribution in [0.15, 0.2) is 29.2 Å². The molecule has 0 aromatic heterocycles. The summed E-state index contributed by atoms with van der Waals surface area (Å²) >= 11 is 0. The highest BCUT2D eigenvalue weighted by atomic mass is 32.2. The topological polar surface area (TPSA) is 60.4 Å². The highest BCUT2D eigenvalue weighted by molar-refractivity contribution is 7.86. The molecule has 106 valence electrons. The minimum atomic E-state index is -3.82. The normalized spacial score (nSPS) is 11.5. The molecular weight excluding hydrogens is 264 g/mol. The van der Waals surface area contributed by atoms with Crippen molar-refractivity contribution in [1.82, 2.24) is 0 Å².